The standard InChI is InChI=1S/C18H19N.C17H18N2.C17H23N.C16H23N.C14H16N2.C14H19N.C13H14N2.C13H17N/c1-18(2,3)16-12-17-14(9-10-19-17)11-15(16)13-7-5-4-6-8-13;1-17(2,3)15-10-16-12(6-8-19-16)9-14(15)13-5-4-7-18-11-13;1-17(2,3)13-8-9-14-15(11-18-16(14)10-13)12-6-4-5-7-12;1-15(2,3)11-7-8-12-13(16(4,5)6)10-17-14(12)9-11;1-14(2,3)11-4-5-12-10(6-7-15)9-16-13(12)8-11;1-5-10-9-15-13-8-11(14(2,3)4)6-7-12(10)13;1-13(2,3)10-4-5-11-9(7-14)8-15-12(11)6-10;1-9-8-14-12-7-10(13(2,3)4)5-6-11(9)12/h4-12,19H,1-3H3;4-11,19H,1-3H3;8-12,18H,4-7H2,1-3H3;7-10,17H,1-6H3;4-5,8-9,16H,6H2,1-3H3;6-9,15H,5H2,1-4H3;4-6,8,15H,1-3H3;5-8,14H,1-4H3. The summed E-state index contributed by atoms with van der Waals surface area (Å²) < 4.78 is 0. The fourth-order valence-electron chi connectivity index (χ4n) is 17.7. The van der Waals surface area contributed by atoms with Gasteiger partial charge >= 0.3 is 0 Å². The molecule has 9 heterocycles. The van der Waals surface area contributed by atoms with Crippen LogP contribution in [-0.2, 0) is 61.6 Å². The Morgan fingerprint density at radius 1 is 0.323 bits per heavy atom. The van der Waals surface area contributed by atoms with E-state index in [0.717, 1.165) is 39.7 Å². The van der Waals surface area contributed by atoms with E-state index in [-0.39, 0.29) is 48.7 Å². The van der Waals surface area contributed by atoms with Crippen LogP contribution >= 0.6 is 0 Å². The SMILES string of the molecule is CC(C)(C)c1cc2[nH]ccc2cc1-c1ccccc1.CC(C)(C)c1cc2[nH]ccc2cc1-c1cccnc1.CC(C)(C)c1ccc2c(C#N)c[nH]c2c1.CC(C)(C)c1ccc2c(C(C)(C)C)c[nH]c2c1.CC(C)(C)c1ccc2c(C3CCCC3)c[nH]c2c1.CC(C)(C)c1ccc2c(CC#N)c[nH]c2c1.CCc1c[nH]c2cc(C(C)(C)C)ccc12.Cc1c[nH]c2cc(C(C)(C)C)ccc12. The highest BCUT2D eigenvalue weighted by Crippen LogP contribution is 2.43. The average Bonchev–Trinajstić information content (AvgIpc) is 1.61. The number of rotatable bonds is 5. The zero-order chi connectivity index (χ0) is 96.7. The lowest BCUT2D eigenvalue weighted by Gasteiger charge is -2.23. The van der Waals surface area contributed by atoms with E-state index in [1.165, 1.54) is 175 Å². The molecular weight excluding hydrogens is 1620 g/mol. The van der Waals surface area contributed by atoms with Crippen molar-refractivity contribution in [3.63, 3.8) is 0 Å². The molecule has 1 fully saturated rings. The quantitative estimate of drug-likeness (QED) is 0.0854. The number of H-pyrrole nitrogens is 8. The third-order valence-corrected chi connectivity index (χ3v) is 26.1. The Bertz CT molecular complexity index is 6910. The highest BCUT2D eigenvalue weighted by atomic mass is 14.7. The molecule has 11 nitrogen and oxygen atoms in total. The second-order valence-corrected chi connectivity index (χ2v) is 45.9. The highest BCUT2D eigenvalue weighted by Gasteiger charge is 2.27. The Morgan fingerprint density at radius 3 is 1.13 bits per heavy atom. The van der Waals surface area contributed by atoms with E-state index in [1.807, 2.05) is 43.1 Å². The Hall–Kier alpha value is -12.6. The Balaban J connectivity index is 0.000000137. The maximum absolute atomic E-state index is 8.88. The van der Waals surface area contributed by atoms with Crippen molar-refractivity contribution in [1.29, 1.82) is 10.5 Å². The van der Waals surface area contributed by atoms with Gasteiger partial charge in [-0.1, -0.05) is 316 Å². The summed E-state index contributed by atoms with van der Waals surface area (Å²) in [5, 5.41) is 27.8. The van der Waals surface area contributed by atoms with Crippen molar-refractivity contribution in [3.8, 4) is 34.4 Å². The minimum Gasteiger partial charge on any atom is -0.361 e. The van der Waals surface area contributed by atoms with Crippen LogP contribution in [0.2, 0.25) is 0 Å². The first-order chi connectivity index (χ1) is 62.4. The summed E-state index contributed by atoms with van der Waals surface area (Å²) in [4.78, 5) is 30.8. The van der Waals surface area contributed by atoms with Gasteiger partial charge in [-0.3, -0.25) is 4.98 Å². The van der Waals surface area contributed by atoms with Gasteiger partial charge in [0.25, 0.3) is 0 Å². The molecule has 0 amide bonds. The molecule has 0 spiro atoms. The molecule has 0 radical (unpaired) electrons. The summed E-state index contributed by atoms with van der Waals surface area (Å²) in [6.45, 7) is 64.8. The van der Waals surface area contributed by atoms with Crippen LogP contribution in [0.15, 0.2) is 250 Å². The first kappa shape index (κ1) is 99.4. The smallest absolute Gasteiger partial charge is 0.101 e. The zero-order valence-electron chi connectivity index (χ0n) is 85.3. The van der Waals surface area contributed by atoms with E-state index in [9.17, 15) is 0 Å². The number of fused-ring (bicyclic) bond motifs is 8. The second-order valence-electron chi connectivity index (χ2n) is 45.9. The van der Waals surface area contributed by atoms with Gasteiger partial charge < -0.3 is 39.9 Å². The van der Waals surface area contributed by atoms with Crippen LogP contribution in [-0.4, -0.2) is 44.9 Å². The van der Waals surface area contributed by atoms with Crippen LogP contribution < -0.4 is 0 Å². The topological polar surface area (TPSA) is 187 Å². The van der Waals surface area contributed by atoms with Gasteiger partial charge in [0, 0.05) is 144 Å². The lowest BCUT2D eigenvalue weighted by Crippen LogP contribution is -2.12. The van der Waals surface area contributed by atoms with Crippen LogP contribution in [0.25, 0.3) is 109 Å². The molecule has 9 aromatic carbocycles. The first-order valence-corrected chi connectivity index (χ1v) is 48.0. The zero-order valence-corrected chi connectivity index (χ0v) is 85.3. The van der Waals surface area contributed by atoms with Gasteiger partial charge in [0.05, 0.1) is 18.1 Å². The van der Waals surface area contributed by atoms with Gasteiger partial charge in [-0.2, -0.15) is 10.5 Å². The molecule has 19 rings (SSSR count). The molecule has 0 unspecified atom stereocenters. The number of aromatic amines is 8. The summed E-state index contributed by atoms with van der Waals surface area (Å²) in [6, 6.07) is 72.3. The number of hydrogen-bond acceptors (Lipinski definition) is 3. The molecule has 0 bridgehead atoms. The summed E-state index contributed by atoms with van der Waals surface area (Å²) in [6.07, 6.45) is 27.1. The van der Waals surface area contributed by atoms with E-state index in [4.69, 9.17) is 10.5 Å². The summed E-state index contributed by atoms with van der Waals surface area (Å²) in [7, 11) is 0. The molecule has 1 aliphatic carbocycles. The maximum Gasteiger partial charge on any atom is 0.101 e. The number of aromatic nitrogens is 9. The molecule has 1 aliphatic rings. The molecule has 0 atom stereocenters. The fourth-order valence-corrected chi connectivity index (χ4v) is 17.7. The first-order valence-electron chi connectivity index (χ1n) is 48.0. The molecule has 692 valence electrons. The number of nitrogens with zero attached hydrogens (tertiary/aromatic N) is 3. The van der Waals surface area contributed by atoms with Crippen molar-refractivity contribution in [3.05, 3.63) is 328 Å². The van der Waals surface area contributed by atoms with Crippen LogP contribution in [0.5, 0.6) is 0 Å². The van der Waals surface area contributed by atoms with Gasteiger partial charge in [0.2, 0.25) is 0 Å². The third kappa shape index (κ3) is 24.5. The Kier molecular flexibility index (Phi) is 30.0. The largest absolute Gasteiger partial charge is 0.361 e. The third-order valence-electron chi connectivity index (χ3n) is 26.1. The normalized spacial score (nSPS) is 12.9. The average molecular weight is 1770 g/mol. The van der Waals surface area contributed by atoms with Crippen molar-refractivity contribution in [2.75, 3.05) is 0 Å². The number of hydrogen-bond donors (Lipinski definition) is 8. The molecule has 18 aromatic rings. The summed E-state index contributed by atoms with van der Waals surface area (Å²) in [5.41, 5.74) is 34.7. The molecule has 0 aliphatic heterocycles. The minimum absolute atomic E-state index is 0.102. The molecular formula is C122H149N11. The lowest BCUT2D eigenvalue weighted by molar-refractivity contribution is 0.590. The van der Waals surface area contributed by atoms with E-state index < -0.39 is 0 Å². The summed E-state index contributed by atoms with van der Waals surface area (Å²) in [5.74, 6) is 0.791. The number of nitrogens with one attached hydrogen (secondary N) is 8. The predicted molar refractivity (Wildman–Crippen MR) is 573 cm³/mol. The van der Waals surface area contributed by atoms with Crippen molar-refractivity contribution in [2.24, 2.45) is 0 Å². The lowest BCUT2D eigenvalue weighted by atomic mass is 9.81. The van der Waals surface area contributed by atoms with Crippen LogP contribution in [0.4, 0.5) is 0 Å². The molecule has 9 aromatic heterocycles. The van der Waals surface area contributed by atoms with Crippen LogP contribution in [0, 0.1) is 29.6 Å². The van der Waals surface area contributed by atoms with Gasteiger partial charge in [-0.15, -0.1) is 0 Å². The predicted octanol–water partition coefficient (Wildman–Crippen LogP) is 34.2. The summed E-state index contributed by atoms with van der Waals surface area (Å²) >= 11 is 0. The molecule has 1 saturated carbocycles. The van der Waals surface area contributed by atoms with Crippen molar-refractivity contribution >= 4 is 87.2 Å². The molecule has 11 heteroatoms. The van der Waals surface area contributed by atoms with E-state index in [1.54, 1.807) is 11.8 Å². The minimum atomic E-state index is 0.102. The van der Waals surface area contributed by atoms with Crippen molar-refractivity contribution in [1.82, 2.24) is 44.9 Å². The monoisotopic (exact) mass is 1770 g/mol. The van der Waals surface area contributed by atoms with Crippen molar-refractivity contribution < 1.29 is 0 Å². The Morgan fingerprint density at radius 2 is 0.692 bits per heavy atom. The molecule has 8 N–H and O–H groups in total. The fraction of sp³-hybridized carbons (Fsp3) is 0.369. The van der Waals surface area contributed by atoms with E-state index in [2.05, 4.69) is 458 Å². The number of aryl methyl sites for hydroxylation is 2. The number of pyridine rings is 1. The number of benzene rings is 9. The Labute approximate surface area is 793 Å². The van der Waals surface area contributed by atoms with Crippen LogP contribution in [0.1, 0.15) is 303 Å². The second kappa shape index (κ2) is 40.1. The van der Waals surface area contributed by atoms with Gasteiger partial charge in [-0.25, -0.2) is 0 Å². The number of nitriles is 2. The van der Waals surface area contributed by atoms with Gasteiger partial charge in [0.1, 0.15) is 6.07 Å². The van der Waals surface area contributed by atoms with Crippen molar-refractivity contribution in [2.45, 2.75) is 294 Å². The van der Waals surface area contributed by atoms with Gasteiger partial charge in [0.15, 0.2) is 0 Å². The van der Waals surface area contributed by atoms with E-state index in [0.29, 0.717) is 12.0 Å². The maximum atomic E-state index is 8.88. The van der Waals surface area contributed by atoms with E-state index >= 15 is 0 Å². The molecule has 0 saturated heterocycles. The molecule has 133 heavy (non-hydrogen) atoms. The highest BCUT2D eigenvalue weighted by molar-refractivity contribution is 5.92. The van der Waals surface area contributed by atoms with Crippen LogP contribution in [0.3, 0.4) is 0 Å². The van der Waals surface area contributed by atoms with Gasteiger partial charge in [-0.05, 0) is 259 Å².